The second-order valence-electron chi connectivity index (χ2n) is 7.52. The molecule has 0 aromatic heterocycles. The average Bonchev–Trinajstić information content (AvgIpc) is 3.27. The standard InChI is InChI=1S/C20H24N4O2/c1-11-3-6-15(9-12(11)2)23-20(21)22-7-8-24-18(25)16-13-4-5-14(10-13)17(16)19(24)26/h3-6,9,13-14,16-17H,7-8,10H2,1-2H3,(H3,21,22,23). The van der Waals surface area contributed by atoms with Crippen molar-refractivity contribution in [1.82, 2.24) is 4.90 Å². The van der Waals surface area contributed by atoms with Crippen LogP contribution in [-0.2, 0) is 9.59 Å². The van der Waals surface area contributed by atoms with Crippen molar-refractivity contribution in [3.63, 3.8) is 0 Å². The first-order valence-electron chi connectivity index (χ1n) is 9.13. The van der Waals surface area contributed by atoms with Gasteiger partial charge in [0.2, 0.25) is 11.8 Å². The highest BCUT2D eigenvalue weighted by Gasteiger charge is 2.58. The third kappa shape index (κ3) is 2.69. The number of anilines is 1. The summed E-state index contributed by atoms with van der Waals surface area (Å²) in [6.45, 7) is 4.69. The number of hydrogen-bond donors (Lipinski definition) is 2. The lowest BCUT2D eigenvalue weighted by molar-refractivity contribution is -0.140. The van der Waals surface area contributed by atoms with Gasteiger partial charge in [0.05, 0.1) is 18.4 Å². The second kappa shape index (κ2) is 6.27. The third-order valence-corrected chi connectivity index (χ3v) is 5.95. The molecule has 4 atom stereocenters. The molecule has 1 aromatic rings. The summed E-state index contributed by atoms with van der Waals surface area (Å²) in [7, 11) is 0. The van der Waals surface area contributed by atoms with Crippen LogP contribution in [0.15, 0.2) is 35.3 Å². The first kappa shape index (κ1) is 16.8. The average molecular weight is 352 g/mol. The molecule has 6 nitrogen and oxygen atoms in total. The topological polar surface area (TPSA) is 87.8 Å². The smallest absolute Gasteiger partial charge is 0.233 e. The molecule has 1 saturated heterocycles. The predicted octanol–water partition coefficient (Wildman–Crippen LogP) is 1.84. The van der Waals surface area contributed by atoms with E-state index >= 15 is 0 Å². The summed E-state index contributed by atoms with van der Waals surface area (Å²) in [5.74, 6) is 0.410. The maximum absolute atomic E-state index is 12.6. The van der Waals surface area contributed by atoms with Crippen molar-refractivity contribution < 1.29 is 9.59 Å². The highest BCUT2D eigenvalue weighted by molar-refractivity contribution is 6.06. The van der Waals surface area contributed by atoms with E-state index in [1.165, 1.54) is 16.0 Å². The Morgan fingerprint density at radius 1 is 1.15 bits per heavy atom. The lowest BCUT2D eigenvalue weighted by atomic mass is 9.85. The highest BCUT2D eigenvalue weighted by Crippen LogP contribution is 2.52. The Hall–Kier alpha value is -2.63. The number of likely N-dealkylation sites (tertiary alicyclic amines) is 1. The van der Waals surface area contributed by atoms with Crippen molar-refractivity contribution >= 4 is 23.5 Å². The van der Waals surface area contributed by atoms with Crippen molar-refractivity contribution in [2.24, 2.45) is 34.4 Å². The van der Waals surface area contributed by atoms with Crippen LogP contribution in [0, 0.1) is 37.5 Å². The molecule has 3 aliphatic rings. The van der Waals surface area contributed by atoms with Crippen LogP contribution >= 0.6 is 0 Å². The van der Waals surface area contributed by atoms with E-state index in [9.17, 15) is 9.59 Å². The van der Waals surface area contributed by atoms with Gasteiger partial charge in [-0.05, 0) is 55.4 Å². The Morgan fingerprint density at radius 2 is 1.81 bits per heavy atom. The zero-order valence-electron chi connectivity index (χ0n) is 15.1. The van der Waals surface area contributed by atoms with E-state index in [1.807, 2.05) is 25.1 Å². The Bertz CT molecular complexity index is 799. The van der Waals surface area contributed by atoms with Crippen LogP contribution in [0.1, 0.15) is 17.5 Å². The van der Waals surface area contributed by atoms with E-state index < -0.39 is 0 Å². The number of rotatable bonds is 4. The molecule has 2 aliphatic carbocycles. The van der Waals surface area contributed by atoms with Gasteiger partial charge in [0.1, 0.15) is 0 Å². The van der Waals surface area contributed by atoms with Crippen LogP contribution in [0.25, 0.3) is 0 Å². The molecule has 0 radical (unpaired) electrons. The van der Waals surface area contributed by atoms with Gasteiger partial charge in [-0.3, -0.25) is 19.5 Å². The molecule has 3 N–H and O–H groups in total. The summed E-state index contributed by atoms with van der Waals surface area (Å²) < 4.78 is 0. The number of guanidine groups is 1. The van der Waals surface area contributed by atoms with Gasteiger partial charge in [-0.15, -0.1) is 0 Å². The number of nitrogens with zero attached hydrogens (tertiary/aromatic N) is 2. The first-order valence-corrected chi connectivity index (χ1v) is 9.13. The maximum Gasteiger partial charge on any atom is 0.233 e. The van der Waals surface area contributed by atoms with Crippen LogP contribution in [-0.4, -0.2) is 35.8 Å². The van der Waals surface area contributed by atoms with Crippen molar-refractivity contribution in [2.45, 2.75) is 20.3 Å². The number of carbonyl (C=O) groups is 2. The number of fused-ring (bicyclic) bond motifs is 5. The Morgan fingerprint density at radius 3 is 2.42 bits per heavy atom. The van der Waals surface area contributed by atoms with E-state index in [1.54, 1.807) is 0 Å². The molecular weight excluding hydrogens is 328 g/mol. The summed E-state index contributed by atoms with van der Waals surface area (Å²) in [4.78, 5) is 30.9. The number of nitrogens with one attached hydrogen (secondary N) is 1. The molecule has 1 aliphatic heterocycles. The third-order valence-electron chi connectivity index (χ3n) is 5.95. The van der Waals surface area contributed by atoms with Crippen LogP contribution in [0.5, 0.6) is 0 Å². The minimum Gasteiger partial charge on any atom is -0.370 e. The van der Waals surface area contributed by atoms with E-state index in [0.717, 1.165) is 12.1 Å². The number of allylic oxidation sites excluding steroid dienone is 2. The summed E-state index contributed by atoms with van der Waals surface area (Å²) in [5.41, 5.74) is 9.20. The normalized spacial score (nSPS) is 29.6. The van der Waals surface area contributed by atoms with Crippen LogP contribution in [0.4, 0.5) is 5.69 Å². The molecule has 1 saturated carbocycles. The maximum atomic E-state index is 12.6. The lowest BCUT2D eigenvalue weighted by Gasteiger charge is -2.16. The molecule has 136 valence electrons. The quantitative estimate of drug-likeness (QED) is 0.375. The molecule has 4 rings (SSSR count). The van der Waals surface area contributed by atoms with Gasteiger partial charge in [-0.1, -0.05) is 18.2 Å². The minimum atomic E-state index is -0.146. The van der Waals surface area contributed by atoms with E-state index in [0.29, 0.717) is 13.1 Å². The number of benzene rings is 1. The van der Waals surface area contributed by atoms with Crippen LogP contribution in [0.2, 0.25) is 0 Å². The van der Waals surface area contributed by atoms with E-state index in [4.69, 9.17) is 5.73 Å². The molecule has 1 aromatic carbocycles. The van der Waals surface area contributed by atoms with Crippen molar-refractivity contribution in [3.05, 3.63) is 41.5 Å². The molecule has 2 bridgehead atoms. The van der Waals surface area contributed by atoms with Gasteiger partial charge in [-0.25, -0.2) is 0 Å². The van der Waals surface area contributed by atoms with Crippen molar-refractivity contribution in [3.8, 4) is 0 Å². The summed E-state index contributed by atoms with van der Waals surface area (Å²) in [6, 6.07) is 5.98. The first-order chi connectivity index (χ1) is 12.5. The number of imide groups is 1. The molecule has 2 amide bonds. The van der Waals surface area contributed by atoms with Gasteiger partial charge < -0.3 is 11.1 Å². The molecule has 1 heterocycles. The predicted molar refractivity (Wildman–Crippen MR) is 100 cm³/mol. The number of aryl methyl sites for hydroxylation is 2. The molecular formula is C20H24N4O2. The Labute approximate surface area is 153 Å². The van der Waals surface area contributed by atoms with Gasteiger partial charge in [0.15, 0.2) is 5.96 Å². The van der Waals surface area contributed by atoms with E-state index in [-0.39, 0.29) is 41.4 Å². The lowest BCUT2D eigenvalue weighted by Crippen LogP contribution is -2.35. The number of aliphatic imine (C=N–C) groups is 1. The summed E-state index contributed by atoms with van der Waals surface area (Å²) >= 11 is 0. The second-order valence-corrected chi connectivity index (χ2v) is 7.52. The molecule has 6 heteroatoms. The molecule has 26 heavy (non-hydrogen) atoms. The Balaban J connectivity index is 1.35. The van der Waals surface area contributed by atoms with Gasteiger partial charge >= 0.3 is 0 Å². The molecule has 0 spiro atoms. The van der Waals surface area contributed by atoms with Crippen molar-refractivity contribution in [1.29, 1.82) is 0 Å². The molecule has 2 fully saturated rings. The fourth-order valence-electron chi connectivity index (χ4n) is 4.46. The number of amides is 2. The number of hydrogen-bond acceptors (Lipinski definition) is 3. The van der Waals surface area contributed by atoms with Crippen molar-refractivity contribution in [2.75, 3.05) is 18.4 Å². The number of nitrogens with two attached hydrogens (primary N) is 1. The summed E-state index contributed by atoms with van der Waals surface area (Å²) in [6.07, 6.45) is 5.15. The monoisotopic (exact) mass is 352 g/mol. The molecule has 4 unspecified atom stereocenters. The van der Waals surface area contributed by atoms with Gasteiger partial charge in [0, 0.05) is 12.2 Å². The largest absolute Gasteiger partial charge is 0.370 e. The fourth-order valence-corrected chi connectivity index (χ4v) is 4.46. The Kier molecular flexibility index (Phi) is 4.05. The fraction of sp³-hybridized carbons (Fsp3) is 0.450. The van der Waals surface area contributed by atoms with Crippen LogP contribution in [0.3, 0.4) is 0 Å². The van der Waals surface area contributed by atoms with Crippen LogP contribution < -0.4 is 11.1 Å². The van der Waals surface area contributed by atoms with Gasteiger partial charge in [-0.2, -0.15) is 0 Å². The zero-order valence-corrected chi connectivity index (χ0v) is 15.1. The number of carbonyl (C=O) groups excluding carboxylic acids is 2. The summed E-state index contributed by atoms with van der Waals surface area (Å²) in [5, 5.41) is 3.05. The van der Waals surface area contributed by atoms with E-state index in [2.05, 4.69) is 29.4 Å². The SMILES string of the molecule is Cc1ccc(NC(N)=NCCN2C(=O)C3C4C=CC(C4)C3C2=O)cc1C. The zero-order chi connectivity index (χ0) is 18.4. The highest BCUT2D eigenvalue weighted by atomic mass is 16.2. The minimum absolute atomic E-state index is 0.0345. The van der Waals surface area contributed by atoms with Gasteiger partial charge in [0.25, 0.3) is 0 Å².